The maximum atomic E-state index is 11.8. The van der Waals surface area contributed by atoms with Gasteiger partial charge in [-0.15, -0.1) is 0 Å². The summed E-state index contributed by atoms with van der Waals surface area (Å²) in [5.41, 5.74) is 1.86. The van der Waals surface area contributed by atoms with Crippen molar-refractivity contribution in [3.8, 4) is 0 Å². The number of rotatable bonds is 4. The Kier molecular flexibility index (Phi) is 4.18. The lowest BCUT2D eigenvalue weighted by Gasteiger charge is -2.20. The number of aryl methyl sites for hydroxylation is 1. The molecule has 106 valence electrons. The summed E-state index contributed by atoms with van der Waals surface area (Å²) in [7, 11) is 0. The van der Waals surface area contributed by atoms with Gasteiger partial charge in [0.25, 0.3) is 5.91 Å². The van der Waals surface area contributed by atoms with Crippen LogP contribution in [-0.2, 0) is 14.3 Å². The number of hydrogen-bond donors (Lipinski definition) is 1. The number of hydrogen-bond acceptors (Lipinski definition) is 4. The van der Waals surface area contributed by atoms with Crippen molar-refractivity contribution < 1.29 is 14.3 Å². The van der Waals surface area contributed by atoms with Crippen molar-refractivity contribution in [2.45, 2.75) is 25.5 Å². The lowest BCUT2D eigenvalue weighted by atomic mass is 10.1. The molecule has 0 atom stereocenters. The molecule has 4 nitrogen and oxygen atoms in total. The minimum atomic E-state index is -0.402. The summed E-state index contributed by atoms with van der Waals surface area (Å²) in [5, 5.41) is 2.71. The molecule has 0 bridgehead atoms. The summed E-state index contributed by atoms with van der Waals surface area (Å²) in [5.74, 6) is 0.307. The third kappa shape index (κ3) is 3.63. The molecule has 1 aromatic carbocycles. The molecule has 1 amide bonds. The highest BCUT2D eigenvalue weighted by Gasteiger charge is 2.35. The van der Waals surface area contributed by atoms with Gasteiger partial charge in [0.15, 0.2) is 6.61 Å². The first-order chi connectivity index (χ1) is 9.37. The van der Waals surface area contributed by atoms with Gasteiger partial charge in [-0.2, -0.15) is 0 Å². The summed E-state index contributed by atoms with van der Waals surface area (Å²) < 4.78 is 5.05. The lowest BCUT2D eigenvalue weighted by molar-refractivity contribution is -0.119. The summed E-state index contributed by atoms with van der Waals surface area (Å²) in [6, 6.07) is 7.53. The van der Waals surface area contributed by atoms with Gasteiger partial charge in [0.2, 0.25) is 5.12 Å². The average molecular weight is 291 g/mol. The van der Waals surface area contributed by atoms with Crippen molar-refractivity contribution in [2.75, 3.05) is 11.9 Å². The number of carbonyl (C=O) groups is 2. The maximum absolute atomic E-state index is 11.8. The normalized spacial score (nSPS) is 16.8. The number of thioether (sulfide) groups is 1. The molecule has 0 unspecified atom stereocenters. The van der Waals surface area contributed by atoms with Crippen molar-refractivity contribution >= 4 is 28.5 Å². The highest BCUT2D eigenvalue weighted by molar-refractivity contribution is 8.15. The van der Waals surface area contributed by atoms with Crippen molar-refractivity contribution in [3.63, 3.8) is 0 Å². The molecule has 1 heterocycles. The summed E-state index contributed by atoms with van der Waals surface area (Å²) in [6.07, 6.45) is 1.45. The first kappa shape index (κ1) is 14.7. The van der Waals surface area contributed by atoms with Gasteiger partial charge in [0.1, 0.15) is 5.76 Å². The van der Waals surface area contributed by atoms with Crippen LogP contribution >= 0.6 is 11.8 Å². The molecule has 20 heavy (non-hydrogen) atoms. The zero-order chi connectivity index (χ0) is 14.8. The van der Waals surface area contributed by atoms with Gasteiger partial charge >= 0.3 is 0 Å². The summed E-state index contributed by atoms with van der Waals surface area (Å²) in [6.45, 7) is 5.67. The minimum Gasteiger partial charge on any atom is -0.486 e. The van der Waals surface area contributed by atoms with Crippen LogP contribution in [0.3, 0.4) is 0 Å². The third-order valence-corrected chi connectivity index (χ3v) is 3.92. The molecule has 1 aliphatic rings. The maximum Gasteiger partial charge on any atom is 0.262 e. The quantitative estimate of drug-likeness (QED) is 0.926. The molecule has 0 radical (unpaired) electrons. The predicted molar refractivity (Wildman–Crippen MR) is 80.5 cm³/mol. The van der Waals surface area contributed by atoms with Crippen molar-refractivity contribution in [2.24, 2.45) is 0 Å². The molecule has 0 fully saturated rings. The van der Waals surface area contributed by atoms with Gasteiger partial charge in [0, 0.05) is 11.8 Å². The van der Waals surface area contributed by atoms with E-state index >= 15 is 0 Å². The van der Waals surface area contributed by atoms with E-state index in [1.807, 2.05) is 45.0 Å². The van der Waals surface area contributed by atoms with Crippen LogP contribution in [0.15, 0.2) is 36.1 Å². The summed E-state index contributed by atoms with van der Waals surface area (Å²) >= 11 is 1.20. The zero-order valence-electron chi connectivity index (χ0n) is 11.7. The number of anilines is 1. The molecule has 0 aliphatic carbocycles. The zero-order valence-corrected chi connectivity index (χ0v) is 12.5. The van der Waals surface area contributed by atoms with Crippen LogP contribution in [0.25, 0.3) is 0 Å². The smallest absolute Gasteiger partial charge is 0.262 e. The van der Waals surface area contributed by atoms with Crippen LogP contribution in [0, 0.1) is 6.92 Å². The minimum absolute atomic E-state index is 0.0380. The molecule has 0 saturated heterocycles. The Bertz CT molecular complexity index is 561. The van der Waals surface area contributed by atoms with Crippen LogP contribution < -0.4 is 5.32 Å². The molecule has 5 heteroatoms. The first-order valence-electron chi connectivity index (χ1n) is 6.31. The Morgan fingerprint density at radius 2 is 1.95 bits per heavy atom. The second-order valence-electron chi connectivity index (χ2n) is 5.14. The SMILES string of the molecule is Cc1ccc(NC(=O)COC2=CC(=O)SC2(C)C)cc1. The van der Waals surface area contributed by atoms with Gasteiger partial charge in [-0.05, 0) is 32.9 Å². The molecule has 0 saturated carbocycles. The number of ether oxygens (including phenoxy) is 1. The van der Waals surface area contributed by atoms with E-state index in [4.69, 9.17) is 4.74 Å². The number of benzene rings is 1. The number of nitrogens with one attached hydrogen (secondary N) is 1. The van der Waals surface area contributed by atoms with Crippen LogP contribution in [0.2, 0.25) is 0 Å². The van der Waals surface area contributed by atoms with Crippen molar-refractivity contribution in [3.05, 3.63) is 41.7 Å². The lowest BCUT2D eigenvalue weighted by Crippen LogP contribution is -2.23. The highest BCUT2D eigenvalue weighted by Crippen LogP contribution is 2.39. The Hall–Kier alpha value is -1.75. The van der Waals surface area contributed by atoms with Gasteiger partial charge in [0.05, 0.1) is 4.75 Å². The van der Waals surface area contributed by atoms with E-state index in [0.29, 0.717) is 5.76 Å². The average Bonchev–Trinajstić information content (AvgIpc) is 2.62. The standard InChI is InChI=1S/C15H17NO3S/c1-10-4-6-11(7-5-10)16-13(17)9-19-12-8-14(18)20-15(12,2)3/h4-8H,9H2,1-3H3,(H,16,17). The van der Waals surface area contributed by atoms with E-state index in [9.17, 15) is 9.59 Å². The molecule has 1 aromatic rings. The van der Waals surface area contributed by atoms with Crippen molar-refractivity contribution in [1.82, 2.24) is 0 Å². The van der Waals surface area contributed by atoms with Crippen molar-refractivity contribution in [1.29, 1.82) is 0 Å². The molecule has 0 aromatic heterocycles. The second-order valence-corrected chi connectivity index (χ2v) is 6.77. The highest BCUT2D eigenvalue weighted by atomic mass is 32.2. The largest absolute Gasteiger partial charge is 0.486 e. The molecular formula is C15H17NO3S. The van der Waals surface area contributed by atoms with Crippen LogP contribution in [0.1, 0.15) is 19.4 Å². The van der Waals surface area contributed by atoms with Gasteiger partial charge < -0.3 is 10.1 Å². The molecular weight excluding hydrogens is 274 g/mol. The predicted octanol–water partition coefficient (Wildman–Crippen LogP) is 2.89. The second kappa shape index (κ2) is 5.71. The first-order valence-corrected chi connectivity index (χ1v) is 7.13. The molecule has 0 spiro atoms. The van der Waals surface area contributed by atoms with Gasteiger partial charge in [-0.3, -0.25) is 9.59 Å². The van der Waals surface area contributed by atoms with E-state index in [1.54, 1.807) is 0 Å². The van der Waals surface area contributed by atoms with E-state index in [1.165, 1.54) is 17.8 Å². The van der Waals surface area contributed by atoms with E-state index in [2.05, 4.69) is 5.32 Å². The summed E-state index contributed by atoms with van der Waals surface area (Å²) in [4.78, 5) is 23.1. The van der Waals surface area contributed by atoms with Crippen LogP contribution in [0.4, 0.5) is 5.69 Å². The number of amides is 1. The molecule has 1 N–H and O–H groups in total. The van der Waals surface area contributed by atoms with E-state index < -0.39 is 4.75 Å². The Labute approximate surface area is 122 Å². The van der Waals surface area contributed by atoms with E-state index in [0.717, 1.165) is 11.3 Å². The monoisotopic (exact) mass is 291 g/mol. The fourth-order valence-electron chi connectivity index (χ4n) is 1.80. The van der Waals surface area contributed by atoms with E-state index in [-0.39, 0.29) is 17.6 Å². The van der Waals surface area contributed by atoms with Gasteiger partial charge in [-0.1, -0.05) is 29.5 Å². The van der Waals surface area contributed by atoms with Crippen LogP contribution in [0.5, 0.6) is 0 Å². The Morgan fingerprint density at radius 3 is 2.50 bits per heavy atom. The number of carbonyl (C=O) groups excluding carboxylic acids is 2. The topological polar surface area (TPSA) is 55.4 Å². The van der Waals surface area contributed by atoms with Crippen LogP contribution in [-0.4, -0.2) is 22.4 Å². The fraction of sp³-hybridized carbons (Fsp3) is 0.333. The van der Waals surface area contributed by atoms with Gasteiger partial charge in [-0.25, -0.2) is 0 Å². The molecule has 1 aliphatic heterocycles. The fourth-order valence-corrected chi connectivity index (χ4v) is 2.69. The Balaban J connectivity index is 1.88. The molecule has 2 rings (SSSR count). The Morgan fingerprint density at radius 1 is 1.30 bits per heavy atom. The third-order valence-electron chi connectivity index (χ3n) is 2.89.